The molecule has 9 heteroatoms. The molecule has 4 rings (SSSR count). The van der Waals surface area contributed by atoms with Crippen molar-refractivity contribution in [2.75, 3.05) is 18.6 Å². The summed E-state index contributed by atoms with van der Waals surface area (Å²) in [6, 6.07) is 4.80. The third-order valence-corrected chi connectivity index (χ3v) is 8.75. The van der Waals surface area contributed by atoms with Gasteiger partial charge in [-0.05, 0) is 37.1 Å². The summed E-state index contributed by atoms with van der Waals surface area (Å²) in [5.74, 6) is 0.0200. The molecule has 2 aliphatic rings. The van der Waals surface area contributed by atoms with E-state index < -0.39 is 15.4 Å². The van der Waals surface area contributed by atoms with Crippen LogP contribution in [0.4, 0.5) is 5.69 Å². The van der Waals surface area contributed by atoms with Crippen LogP contribution in [0.3, 0.4) is 0 Å². The lowest BCUT2D eigenvalue weighted by molar-refractivity contribution is -0.118. The number of fused-ring (bicyclic) bond motifs is 1. The number of benzene rings is 1. The lowest BCUT2D eigenvalue weighted by atomic mass is 9.90. The molecule has 0 radical (unpaired) electrons. The first-order valence-electron chi connectivity index (χ1n) is 9.15. The summed E-state index contributed by atoms with van der Waals surface area (Å²) >= 11 is 1.01. The fourth-order valence-corrected chi connectivity index (χ4v) is 6.50. The molecule has 2 atom stereocenters. The van der Waals surface area contributed by atoms with Gasteiger partial charge in [0.2, 0.25) is 20.1 Å². The van der Waals surface area contributed by atoms with Crippen LogP contribution in [0.5, 0.6) is 0 Å². The lowest BCUT2D eigenvalue weighted by Crippen LogP contribution is -2.36. The van der Waals surface area contributed by atoms with Crippen LogP contribution < -0.4 is 4.90 Å². The van der Waals surface area contributed by atoms with Crippen molar-refractivity contribution in [3.05, 3.63) is 34.8 Å². The van der Waals surface area contributed by atoms with Crippen molar-refractivity contribution >= 4 is 32.8 Å². The monoisotopic (exact) mass is 422 g/mol. The largest absolute Gasteiger partial charge is 0.384 e. The molecule has 150 valence electrons. The molecule has 0 unspecified atom stereocenters. The van der Waals surface area contributed by atoms with Gasteiger partial charge in [0.15, 0.2) is 0 Å². The smallest absolute Gasteiger partial charge is 0.233 e. The second kappa shape index (κ2) is 6.91. The number of anilines is 1. The van der Waals surface area contributed by atoms with Gasteiger partial charge in [0.25, 0.3) is 0 Å². The number of thiazole rings is 1. The minimum Gasteiger partial charge on any atom is -0.384 e. The molecule has 1 N–H and O–H groups in total. The van der Waals surface area contributed by atoms with E-state index in [-0.39, 0.29) is 21.2 Å². The van der Waals surface area contributed by atoms with E-state index in [4.69, 9.17) is 4.74 Å². The first-order valence-corrected chi connectivity index (χ1v) is 11.5. The van der Waals surface area contributed by atoms with Gasteiger partial charge in [-0.1, -0.05) is 0 Å². The molecule has 0 spiro atoms. The molecule has 1 amide bonds. The predicted molar refractivity (Wildman–Crippen MR) is 104 cm³/mol. The summed E-state index contributed by atoms with van der Waals surface area (Å²) in [5.41, 5.74) is 0.458. The molecular formula is C19H22N2O5S2. The number of sulfone groups is 1. The second-order valence-corrected chi connectivity index (χ2v) is 10.6. The highest BCUT2D eigenvalue weighted by Crippen LogP contribution is 2.39. The Hall–Kier alpha value is -1.81. The topological polar surface area (TPSA) is 96.8 Å². The fourth-order valence-electron chi connectivity index (χ4n) is 3.79. The second-order valence-electron chi connectivity index (χ2n) is 7.40. The Bertz CT molecular complexity index is 1030. The Morgan fingerprint density at radius 2 is 2.14 bits per heavy atom. The van der Waals surface area contributed by atoms with Gasteiger partial charge in [0.1, 0.15) is 5.60 Å². The Balaban J connectivity index is 1.67. The van der Waals surface area contributed by atoms with Crippen LogP contribution in [0.1, 0.15) is 36.6 Å². The van der Waals surface area contributed by atoms with Crippen molar-refractivity contribution in [2.24, 2.45) is 0 Å². The number of rotatable bonds is 3. The highest BCUT2D eigenvalue weighted by atomic mass is 32.2. The zero-order valence-corrected chi connectivity index (χ0v) is 17.3. The van der Waals surface area contributed by atoms with E-state index in [0.29, 0.717) is 37.2 Å². The van der Waals surface area contributed by atoms with Gasteiger partial charge in [0, 0.05) is 38.2 Å². The minimum absolute atomic E-state index is 0.0200. The third kappa shape index (κ3) is 3.26. The summed E-state index contributed by atoms with van der Waals surface area (Å²) in [5, 5.41) is 10.9. The average Bonchev–Trinajstić information content (AvgIpc) is 3.16. The predicted octanol–water partition coefficient (Wildman–Crippen LogP) is 2.27. The number of carbonyl (C=O) groups is 1. The van der Waals surface area contributed by atoms with E-state index in [9.17, 15) is 18.3 Å². The molecule has 1 fully saturated rings. The highest BCUT2D eigenvalue weighted by molar-refractivity contribution is 7.93. The van der Waals surface area contributed by atoms with Crippen LogP contribution in [0.25, 0.3) is 0 Å². The molecule has 1 aromatic carbocycles. The van der Waals surface area contributed by atoms with Crippen LogP contribution in [-0.4, -0.2) is 44.2 Å². The maximum absolute atomic E-state index is 13.1. The summed E-state index contributed by atoms with van der Waals surface area (Å²) < 4.78 is 31.6. The zero-order valence-electron chi connectivity index (χ0n) is 15.7. The minimum atomic E-state index is -3.80. The molecule has 1 saturated heterocycles. The summed E-state index contributed by atoms with van der Waals surface area (Å²) in [6.45, 7) is 2.31. The number of ether oxygens (including phenoxy) is 1. The number of hydrogen-bond donors (Lipinski definition) is 1. The van der Waals surface area contributed by atoms with Crippen molar-refractivity contribution in [3.8, 4) is 0 Å². The van der Waals surface area contributed by atoms with E-state index in [1.165, 1.54) is 12.3 Å². The number of nitrogens with zero attached hydrogens (tertiary/aromatic N) is 2. The van der Waals surface area contributed by atoms with E-state index in [2.05, 4.69) is 4.98 Å². The molecule has 0 aliphatic carbocycles. The van der Waals surface area contributed by atoms with Crippen LogP contribution in [0.2, 0.25) is 0 Å². The van der Waals surface area contributed by atoms with Gasteiger partial charge in [-0.25, -0.2) is 13.4 Å². The van der Waals surface area contributed by atoms with Gasteiger partial charge in [0.05, 0.1) is 22.5 Å². The molecule has 28 heavy (non-hydrogen) atoms. The standard InChI is InChI=1S/C19H22N2O5S2/c1-12-10-19(23,7-8-26-12)16-11-20-18(27-16)28(24,25)14-4-5-15-13(9-14)3-6-17(22)21(15)2/h4-5,9,11-12,23H,3,6-8,10H2,1-2H3/t12-,19+/m0/s1. The maximum Gasteiger partial charge on any atom is 0.233 e. The molecule has 2 aliphatic heterocycles. The molecule has 0 saturated carbocycles. The van der Waals surface area contributed by atoms with Gasteiger partial charge in [-0.2, -0.15) is 0 Å². The summed E-state index contributed by atoms with van der Waals surface area (Å²) in [7, 11) is -2.11. The van der Waals surface area contributed by atoms with E-state index in [0.717, 1.165) is 22.6 Å². The molecule has 7 nitrogen and oxygen atoms in total. The quantitative estimate of drug-likeness (QED) is 0.815. The Kier molecular flexibility index (Phi) is 4.81. The van der Waals surface area contributed by atoms with Crippen LogP contribution in [0, 0.1) is 0 Å². The van der Waals surface area contributed by atoms with E-state index >= 15 is 0 Å². The van der Waals surface area contributed by atoms with Crippen molar-refractivity contribution in [1.82, 2.24) is 4.98 Å². The number of aliphatic hydroxyl groups is 1. The van der Waals surface area contributed by atoms with Crippen LogP contribution >= 0.6 is 11.3 Å². The van der Waals surface area contributed by atoms with Crippen molar-refractivity contribution in [1.29, 1.82) is 0 Å². The number of amides is 1. The molecule has 3 heterocycles. The number of hydrogen-bond acceptors (Lipinski definition) is 7. The highest BCUT2D eigenvalue weighted by Gasteiger charge is 2.38. The van der Waals surface area contributed by atoms with Gasteiger partial charge < -0.3 is 14.7 Å². The molecule has 1 aromatic heterocycles. The van der Waals surface area contributed by atoms with Gasteiger partial charge in [-0.15, -0.1) is 11.3 Å². The third-order valence-electron chi connectivity index (χ3n) is 5.42. The Morgan fingerprint density at radius 1 is 1.36 bits per heavy atom. The molecule has 0 bridgehead atoms. The normalized spacial score (nSPS) is 25.6. The average molecular weight is 423 g/mol. The van der Waals surface area contributed by atoms with Crippen LogP contribution in [-0.2, 0) is 31.4 Å². The zero-order chi connectivity index (χ0) is 20.1. The van der Waals surface area contributed by atoms with Crippen molar-refractivity contribution in [3.63, 3.8) is 0 Å². The summed E-state index contributed by atoms with van der Waals surface area (Å²) in [6.07, 6.45) is 3.07. The van der Waals surface area contributed by atoms with E-state index in [1.807, 2.05) is 6.92 Å². The number of carbonyl (C=O) groups excluding carboxylic acids is 1. The SMILES string of the molecule is C[C@H]1C[C@@](O)(c2cnc(S(=O)(=O)c3ccc4c(c3)CCC(=O)N4C)s2)CCO1. The maximum atomic E-state index is 13.1. The van der Waals surface area contributed by atoms with Gasteiger partial charge >= 0.3 is 0 Å². The number of aryl methyl sites for hydroxylation is 1. The Morgan fingerprint density at radius 3 is 2.89 bits per heavy atom. The Labute approximate surface area is 167 Å². The van der Waals surface area contributed by atoms with Crippen molar-refractivity contribution < 1.29 is 23.1 Å². The van der Waals surface area contributed by atoms with Crippen LogP contribution in [0.15, 0.2) is 33.6 Å². The van der Waals surface area contributed by atoms with E-state index in [1.54, 1.807) is 24.1 Å². The van der Waals surface area contributed by atoms with Gasteiger partial charge in [-0.3, -0.25) is 4.79 Å². The molecular weight excluding hydrogens is 400 g/mol. The molecule has 2 aromatic rings. The number of aromatic nitrogens is 1. The van der Waals surface area contributed by atoms with Crippen molar-refractivity contribution in [2.45, 2.75) is 53.5 Å². The first kappa shape index (κ1) is 19.5. The lowest BCUT2D eigenvalue weighted by Gasteiger charge is -2.34. The summed E-state index contributed by atoms with van der Waals surface area (Å²) in [4.78, 5) is 18.2. The fraction of sp³-hybridized carbons (Fsp3) is 0.474. The first-order chi connectivity index (χ1) is 13.2.